The number of carbonyl (C=O) groups is 2. The molecule has 36 heavy (non-hydrogen) atoms. The molecular formula is C27H36F3N3O3. The van der Waals surface area contributed by atoms with Crippen molar-refractivity contribution < 1.29 is 27.9 Å². The number of halogens is 3. The van der Waals surface area contributed by atoms with E-state index >= 15 is 0 Å². The first-order valence-corrected chi connectivity index (χ1v) is 13.4. The molecule has 2 N–H and O–H groups in total. The van der Waals surface area contributed by atoms with Gasteiger partial charge in [0.15, 0.2) is 0 Å². The molecule has 0 radical (unpaired) electrons. The van der Waals surface area contributed by atoms with E-state index in [9.17, 15) is 27.9 Å². The molecule has 5 rings (SSSR count). The van der Waals surface area contributed by atoms with Crippen LogP contribution in [0.5, 0.6) is 0 Å². The summed E-state index contributed by atoms with van der Waals surface area (Å²) in [6.07, 6.45) is 3.53. The number of aliphatic hydroxyl groups is 1. The number of rotatable bonds is 4. The zero-order valence-electron chi connectivity index (χ0n) is 20.7. The molecule has 2 saturated carbocycles. The molecule has 9 heteroatoms. The van der Waals surface area contributed by atoms with E-state index < -0.39 is 17.2 Å². The average molecular weight is 508 g/mol. The van der Waals surface area contributed by atoms with Crippen LogP contribution < -0.4 is 10.2 Å². The highest BCUT2D eigenvalue weighted by molar-refractivity contribution is 5.93. The van der Waals surface area contributed by atoms with Gasteiger partial charge in [0.25, 0.3) is 0 Å². The maximum Gasteiger partial charge on any atom is 0.418 e. The van der Waals surface area contributed by atoms with Crippen LogP contribution in [-0.4, -0.2) is 53.6 Å². The molecular weight excluding hydrogens is 471 g/mol. The molecule has 2 aliphatic heterocycles. The van der Waals surface area contributed by atoms with Crippen LogP contribution in [0.15, 0.2) is 18.2 Å². The van der Waals surface area contributed by atoms with E-state index in [4.69, 9.17) is 0 Å². The second kappa shape index (κ2) is 9.88. The number of hydrogen-bond donors (Lipinski definition) is 2. The monoisotopic (exact) mass is 507 g/mol. The van der Waals surface area contributed by atoms with Crippen LogP contribution in [0.4, 0.5) is 24.5 Å². The summed E-state index contributed by atoms with van der Waals surface area (Å²) in [5.74, 6) is -0.288. The van der Waals surface area contributed by atoms with Gasteiger partial charge >= 0.3 is 6.18 Å². The Hall–Kier alpha value is -2.29. The third-order valence-electron chi connectivity index (χ3n) is 8.87. The Morgan fingerprint density at radius 3 is 2.42 bits per heavy atom. The Morgan fingerprint density at radius 1 is 1.00 bits per heavy atom. The minimum atomic E-state index is -4.58. The summed E-state index contributed by atoms with van der Waals surface area (Å²) in [6, 6.07) is 4.16. The number of carbonyl (C=O) groups excluding carboxylic acids is 2. The third-order valence-corrected chi connectivity index (χ3v) is 8.87. The zero-order chi connectivity index (χ0) is 25.5. The molecule has 198 valence electrons. The first-order chi connectivity index (χ1) is 17.2. The second-order valence-electron chi connectivity index (χ2n) is 11.2. The van der Waals surface area contributed by atoms with E-state index in [2.05, 4.69) is 5.32 Å². The lowest BCUT2D eigenvalue weighted by Gasteiger charge is -2.42. The van der Waals surface area contributed by atoms with Gasteiger partial charge in [0, 0.05) is 43.0 Å². The summed E-state index contributed by atoms with van der Waals surface area (Å²) >= 11 is 0. The Bertz CT molecular complexity index is 986. The molecule has 0 bridgehead atoms. The Morgan fingerprint density at radius 2 is 1.72 bits per heavy atom. The molecule has 1 unspecified atom stereocenters. The molecule has 1 atom stereocenters. The lowest BCUT2D eigenvalue weighted by atomic mass is 9.78. The number of amides is 2. The Balaban J connectivity index is 1.34. The predicted octanol–water partition coefficient (Wildman–Crippen LogP) is 4.96. The fourth-order valence-electron chi connectivity index (χ4n) is 6.83. The molecule has 1 aromatic carbocycles. The van der Waals surface area contributed by atoms with Gasteiger partial charge in [0.1, 0.15) is 0 Å². The van der Waals surface area contributed by atoms with Crippen molar-refractivity contribution in [1.29, 1.82) is 0 Å². The van der Waals surface area contributed by atoms with Gasteiger partial charge in [-0.1, -0.05) is 12.8 Å². The third kappa shape index (κ3) is 4.95. The normalized spacial score (nSPS) is 29.8. The van der Waals surface area contributed by atoms with E-state index in [1.54, 1.807) is 11.0 Å². The molecule has 4 fully saturated rings. The van der Waals surface area contributed by atoms with Crippen molar-refractivity contribution in [2.24, 2.45) is 11.3 Å². The fraction of sp³-hybridized carbons (Fsp3) is 0.704. The van der Waals surface area contributed by atoms with Gasteiger partial charge in [-0.2, -0.15) is 13.2 Å². The van der Waals surface area contributed by atoms with Gasteiger partial charge in [-0.3, -0.25) is 9.59 Å². The lowest BCUT2D eigenvalue weighted by molar-refractivity contribution is -0.139. The number of hydrogen-bond acceptors (Lipinski definition) is 4. The van der Waals surface area contributed by atoms with Crippen LogP contribution in [-0.2, 0) is 15.8 Å². The van der Waals surface area contributed by atoms with Crippen molar-refractivity contribution in [3.05, 3.63) is 23.8 Å². The molecule has 2 amide bonds. The summed E-state index contributed by atoms with van der Waals surface area (Å²) in [6.45, 7) is 1.36. The molecule has 2 heterocycles. The quantitative estimate of drug-likeness (QED) is 0.605. The van der Waals surface area contributed by atoms with E-state index in [0.717, 1.165) is 44.6 Å². The van der Waals surface area contributed by atoms with Crippen LogP contribution >= 0.6 is 0 Å². The molecule has 1 aromatic rings. The van der Waals surface area contributed by atoms with Gasteiger partial charge in [0.2, 0.25) is 11.8 Å². The van der Waals surface area contributed by atoms with Crippen molar-refractivity contribution in [3.8, 4) is 0 Å². The van der Waals surface area contributed by atoms with Gasteiger partial charge in [-0.15, -0.1) is 0 Å². The fourth-order valence-corrected chi connectivity index (χ4v) is 6.83. The number of aliphatic hydroxyl groups excluding tert-OH is 1. The van der Waals surface area contributed by atoms with E-state index in [1.165, 1.54) is 6.07 Å². The first-order valence-electron chi connectivity index (χ1n) is 13.4. The number of anilines is 2. The second-order valence-corrected chi connectivity index (χ2v) is 11.2. The average Bonchev–Trinajstić information content (AvgIpc) is 3.49. The van der Waals surface area contributed by atoms with Gasteiger partial charge in [-0.05, 0) is 76.0 Å². The van der Waals surface area contributed by atoms with Crippen molar-refractivity contribution in [2.75, 3.05) is 29.9 Å². The number of nitrogens with zero attached hydrogens (tertiary/aromatic N) is 2. The number of benzene rings is 1. The first kappa shape index (κ1) is 25.4. The minimum absolute atomic E-state index is 0.0580. The largest absolute Gasteiger partial charge is 0.418 e. The number of piperidine rings is 1. The van der Waals surface area contributed by atoms with Crippen LogP contribution in [0.3, 0.4) is 0 Å². The molecule has 1 spiro atoms. The lowest BCUT2D eigenvalue weighted by Crippen LogP contribution is -2.50. The minimum Gasteiger partial charge on any atom is -0.393 e. The van der Waals surface area contributed by atoms with Crippen LogP contribution in [0.25, 0.3) is 0 Å². The van der Waals surface area contributed by atoms with Gasteiger partial charge < -0.3 is 20.2 Å². The van der Waals surface area contributed by atoms with Crippen molar-refractivity contribution in [1.82, 2.24) is 4.90 Å². The predicted molar refractivity (Wildman–Crippen MR) is 131 cm³/mol. The maximum atomic E-state index is 14.2. The standard InChI is InChI=1S/C27H36F3N3O3/c28-27(29,30)22-16-19(31-24(35)18-4-1-2-5-18)6-11-23(22)32-14-3-12-26(17-32)13-15-33(25(26)36)20-7-9-21(34)10-8-20/h6,11,16,18,20-21,34H,1-5,7-10,12-15,17H2,(H,31,35)/t20-,21-,26?. The van der Waals surface area contributed by atoms with Crippen molar-refractivity contribution in [3.63, 3.8) is 0 Å². The van der Waals surface area contributed by atoms with E-state index in [-0.39, 0.29) is 47.8 Å². The number of nitrogens with one attached hydrogen (secondary N) is 1. The highest BCUT2D eigenvalue weighted by Gasteiger charge is 2.51. The van der Waals surface area contributed by atoms with Crippen molar-refractivity contribution in [2.45, 2.75) is 89.0 Å². The molecule has 4 aliphatic rings. The summed E-state index contributed by atoms with van der Waals surface area (Å²) in [5, 5.41) is 12.5. The summed E-state index contributed by atoms with van der Waals surface area (Å²) in [5.41, 5.74) is -1.19. The summed E-state index contributed by atoms with van der Waals surface area (Å²) < 4.78 is 42.5. The Kier molecular flexibility index (Phi) is 6.96. The highest BCUT2D eigenvalue weighted by Crippen LogP contribution is 2.46. The maximum absolute atomic E-state index is 14.2. The van der Waals surface area contributed by atoms with Gasteiger partial charge in [-0.25, -0.2) is 0 Å². The molecule has 2 saturated heterocycles. The number of alkyl halides is 3. The number of likely N-dealkylation sites (tertiary alicyclic amines) is 1. The highest BCUT2D eigenvalue weighted by atomic mass is 19.4. The topological polar surface area (TPSA) is 72.9 Å². The smallest absolute Gasteiger partial charge is 0.393 e. The summed E-state index contributed by atoms with van der Waals surface area (Å²) in [7, 11) is 0. The Labute approximate surface area is 210 Å². The SMILES string of the molecule is O=C(Nc1ccc(N2CCCC3(CCN([C@H]4CC[C@H](O)CC4)C3=O)C2)c(C(F)(F)F)c1)C1CCCC1. The molecule has 2 aliphatic carbocycles. The van der Waals surface area contributed by atoms with Crippen LogP contribution in [0.2, 0.25) is 0 Å². The van der Waals surface area contributed by atoms with E-state index in [1.807, 2.05) is 4.90 Å². The van der Waals surface area contributed by atoms with Gasteiger partial charge in [0.05, 0.1) is 17.1 Å². The van der Waals surface area contributed by atoms with E-state index in [0.29, 0.717) is 45.2 Å². The zero-order valence-corrected chi connectivity index (χ0v) is 20.7. The molecule has 6 nitrogen and oxygen atoms in total. The van der Waals surface area contributed by atoms with Crippen LogP contribution in [0, 0.1) is 11.3 Å². The van der Waals surface area contributed by atoms with Crippen LogP contribution in [0.1, 0.15) is 76.2 Å². The van der Waals surface area contributed by atoms with Crippen molar-refractivity contribution >= 4 is 23.2 Å². The summed E-state index contributed by atoms with van der Waals surface area (Å²) in [4.78, 5) is 29.7. The molecule has 0 aromatic heterocycles.